The zero-order valence-electron chi connectivity index (χ0n) is 17.6. The minimum absolute atomic E-state index is 0.147. The van der Waals surface area contributed by atoms with Crippen molar-refractivity contribution in [1.29, 1.82) is 0 Å². The summed E-state index contributed by atoms with van der Waals surface area (Å²) in [7, 11) is 1.54. The van der Waals surface area contributed by atoms with Gasteiger partial charge in [0, 0.05) is 16.3 Å². The van der Waals surface area contributed by atoms with E-state index in [0.717, 1.165) is 22.6 Å². The Bertz CT molecular complexity index is 1240. The third kappa shape index (κ3) is 4.95. The lowest BCUT2D eigenvalue weighted by atomic mass is 10.1. The summed E-state index contributed by atoms with van der Waals surface area (Å²) in [6, 6.07) is 23.0. The highest BCUT2D eigenvalue weighted by atomic mass is 35.5. The molecule has 1 N–H and O–H groups in total. The lowest BCUT2D eigenvalue weighted by molar-refractivity contribution is -0.113. The van der Waals surface area contributed by atoms with Crippen molar-refractivity contribution < 1.29 is 9.53 Å². The molecule has 0 aliphatic carbocycles. The molecule has 4 rings (SSSR count). The van der Waals surface area contributed by atoms with Crippen molar-refractivity contribution >= 4 is 35.0 Å². The van der Waals surface area contributed by atoms with Gasteiger partial charge in [-0.2, -0.15) is 0 Å². The molecule has 0 aliphatic rings. The summed E-state index contributed by atoms with van der Waals surface area (Å²) in [5.74, 6) is 1.21. The number of ether oxygens (including phenoxy) is 1. The predicted molar refractivity (Wildman–Crippen MR) is 129 cm³/mol. The van der Waals surface area contributed by atoms with Crippen LogP contribution >= 0.6 is 23.4 Å². The van der Waals surface area contributed by atoms with Crippen LogP contribution in [0.5, 0.6) is 5.75 Å². The van der Waals surface area contributed by atoms with Gasteiger partial charge in [-0.3, -0.25) is 9.36 Å². The van der Waals surface area contributed by atoms with Gasteiger partial charge in [-0.1, -0.05) is 65.3 Å². The summed E-state index contributed by atoms with van der Waals surface area (Å²) < 4.78 is 7.26. The molecular weight excluding hydrogens is 444 g/mol. The van der Waals surface area contributed by atoms with Crippen LogP contribution in [0.3, 0.4) is 0 Å². The molecule has 0 saturated carbocycles. The number of benzene rings is 3. The van der Waals surface area contributed by atoms with Gasteiger partial charge in [0.25, 0.3) is 0 Å². The molecular formula is C24H21ClN4O2S. The number of anilines is 1. The number of amides is 1. The van der Waals surface area contributed by atoms with Crippen LogP contribution < -0.4 is 10.1 Å². The second-order valence-corrected chi connectivity index (χ2v) is 8.41. The van der Waals surface area contributed by atoms with Gasteiger partial charge in [-0.05, 0) is 43.3 Å². The molecule has 6 nitrogen and oxygen atoms in total. The molecule has 0 saturated heterocycles. The van der Waals surface area contributed by atoms with Crippen molar-refractivity contribution in [2.45, 2.75) is 12.1 Å². The molecule has 4 aromatic rings. The molecule has 3 aromatic carbocycles. The van der Waals surface area contributed by atoms with E-state index in [4.69, 9.17) is 16.3 Å². The molecule has 0 atom stereocenters. The quantitative estimate of drug-likeness (QED) is 0.359. The lowest BCUT2D eigenvalue weighted by Gasteiger charge is -2.12. The van der Waals surface area contributed by atoms with Gasteiger partial charge < -0.3 is 10.1 Å². The first-order valence-electron chi connectivity index (χ1n) is 9.89. The third-order valence-electron chi connectivity index (χ3n) is 4.69. The van der Waals surface area contributed by atoms with Crippen LogP contribution in [0, 0.1) is 6.92 Å². The van der Waals surface area contributed by atoms with Crippen LogP contribution in [0.25, 0.3) is 17.1 Å². The van der Waals surface area contributed by atoms with Gasteiger partial charge in [-0.25, -0.2) is 0 Å². The van der Waals surface area contributed by atoms with E-state index in [0.29, 0.717) is 21.6 Å². The van der Waals surface area contributed by atoms with Gasteiger partial charge in [-0.15, -0.1) is 10.2 Å². The fourth-order valence-electron chi connectivity index (χ4n) is 3.24. The zero-order chi connectivity index (χ0) is 22.5. The first-order chi connectivity index (χ1) is 15.5. The van der Waals surface area contributed by atoms with Crippen molar-refractivity contribution in [3.63, 3.8) is 0 Å². The molecule has 0 spiro atoms. The average molecular weight is 465 g/mol. The van der Waals surface area contributed by atoms with Crippen molar-refractivity contribution in [1.82, 2.24) is 14.8 Å². The lowest BCUT2D eigenvalue weighted by Crippen LogP contribution is -2.15. The van der Waals surface area contributed by atoms with E-state index < -0.39 is 0 Å². The summed E-state index contributed by atoms with van der Waals surface area (Å²) in [5, 5.41) is 12.8. The van der Waals surface area contributed by atoms with Crippen LogP contribution in [-0.4, -0.2) is 33.5 Å². The number of rotatable bonds is 7. The van der Waals surface area contributed by atoms with E-state index in [1.807, 2.05) is 60.0 Å². The summed E-state index contributed by atoms with van der Waals surface area (Å²) in [4.78, 5) is 12.6. The van der Waals surface area contributed by atoms with Crippen LogP contribution in [0.15, 0.2) is 78.0 Å². The van der Waals surface area contributed by atoms with Crippen molar-refractivity contribution in [3.05, 3.63) is 83.4 Å². The van der Waals surface area contributed by atoms with Crippen molar-refractivity contribution in [2.75, 3.05) is 18.2 Å². The Labute approximate surface area is 195 Å². The maximum absolute atomic E-state index is 12.6. The van der Waals surface area contributed by atoms with Crippen LogP contribution in [0.1, 0.15) is 5.56 Å². The standard InChI is InChI=1S/C24H21ClN4O2S/c1-16-7-6-8-17(13-16)23-27-28-24(29(23)19-9-4-3-5-10-19)32-15-22(30)26-20-14-18(25)11-12-21(20)31-2/h3-14H,15H2,1-2H3,(H,26,30). The van der Waals surface area contributed by atoms with Crippen LogP contribution in [0.2, 0.25) is 5.02 Å². The number of thioether (sulfide) groups is 1. The van der Waals surface area contributed by atoms with Crippen LogP contribution in [-0.2, 0) is 4.79 Å². The molecule has 1 aromatic heterocycles. The topological polar surface area (TPSA) is 69.0 Å². The second kappa shape index (κ2) is 9.89. The highest BCUT2D eigenvalue weighted by molar-refractivity contribution is 7.99. The molecule has 8 heteroatoms. The van der Waals surface area contributed by atoms with E-state index >= 15 is 0 Å². The fraction of sp³-hybridized carbons (Fsp3) is 0.125. The van der Waals surface area contributed by atoms with Gasteiger partial charge in [0.2, 0.25) is 5.91 Å². The number of carbonyl (C=O) groups is 1. The first kappa shape index (κ1) is 21.9. The van der Waals surface area contributed by atoms with Gasteiger partial charge in [0.1, 0.15) is 5.75 Å². The highest BCUT2D eigenvalue weighted by Gasteiger charge is 2.18. The summed E-state index contributed by atoms with van der Waals surface area (Å²) in [6.07, 6.45) is 0. The smallest absolute Gasteiger partial charge is 0.234 e. The van der Waals surface area contributed by atoms with E-state index in [1.54, 1.807) is 25.3 Å². The van der Waals surface area contributed by atoms with Gasteiger partial charge >= 0.3 is 0 Å². The second-order valence-electron chi connectivity index (χ2n) is 7.03. The number of hydrogen-bond donors (Lipinski definition) is 1. The maximum Gasteiger partial charge on any atom is 0.234 e. The number of para-hydroxylation sites is 1. The third-order valence-corrected chi connectivity index (χ3v) is 5.86. The number of hydrogen-bond acceptors (Lipinski definition) is 5. The molecule has 1 amide bonds. The maximum atomic E-state index is 12.6. The molecule has 0 radical (unpaired) electrons. The van der Waals surface area contributed by atoms with Crippen LogP contribution in [0.4, 0.5) is 5.69 Å². The monoisotopic (exact) mass is 464 g/mol. The van der Waals surface area contributed by atoms with E-state index in [1.165, 1.54) is 11.8 Å². The van der Waals surface area contributed by atoms with E-state index in [2.05, 4.69) is 21.6 Å². The number of methoxy groups -OCH3 is 1. The Morgan fingerprint density at radius 1 is 1.06 bits per heavy atom. The predicted octanol–water partition coefficient (Wildman–Crippen LogP) is 5.64. The summed E-state index contributed by atoms with van der Waals surface area (Å²) in [5.41, 5.74) is 3.54. The molecule has 32 heavy (non-hydrogen) atoms. The van der Waals surface area contributed by atoms with E-state index in [-0.39, 0.29) is 11.7 Å². The molecule has 0 bridgehead atoms. The van der Waals surface area contributed by atoms with Gasteiger partial charge in [0.15, 0.2) is 11.0 Å². The first-order valence-corrected chi connectivity index (χ1v) is 11.3. The minimum Gasteiger partial charge on any atom is -0.495 e. The fourth-order valence-corrected chi connectivity index (χ4v) is 4.16. The Balaban J connectivity index is 1.59. The summed E-state index contributed by atoms with van der Waals surface area (Å²) in [6.45, 7) is 2.04. The SMILES string of the molecule is COc1ccc(Cl)cc1NC(=O)CSc1nnc(-c2cccc(C)c2)n1-c1ccccc1. The van der Waals surface area contributed by atoms with Crippen molar-refractivity contribution in [2.24, 2.45) is 0 Å². The van der Waals surface area contributed by atoms with Crippen molar-refractivity contribution in [3.8, 4) is 22.8 Å². The number of aryl methyl sites for hydroxylation is 1. The number of nitrogens with zero attached hydrogens (tertiary/aromatic N) is 3. The number of aromatic nitrogens is 3. The van der Waals surface area contributed by atoms with Gasteiger partial charge in [0.05, 0.1) is 18.6 Å². The largest absolute Gasteiger partial charge is 0.495 e. The molecule has 1 heterocycles. The Morgan fingerprint density at radius 3 is 2.62 bits per heavy atom. The highest BCUT2D eigenvalue weighted by Crippen LogP contribution is 2.30. The average Bonchev–Trinajstić information content (AvgIpc) is 3.22. The minimum atomic E-state index is -0.199. The Hall–Kier alpha value is -3.29. The molecule has 0 fully saturated rings. The Kier molecular flexibility index (Phi) is 6.78. The molecule has 0 unspecified atom stereocenters. The number of halogens is 1. The number of nitrogens with one attached hydrogen (secondary N) is 1. The zero-order valence-corrected chi connectivity index (χ0v) is 19.2. The Morgan fingerprint density at radius 2 is 1.88 bits per heavy atom. The summed E-state index contributed by atoms with van der Waals surface area (Å²) >= 11 is 7.37. The normalized spacial score (nSPS) is 10.7. The molecule has 162 valence electrons. The molecule has 0 aliphatic heterocycles. The van der Waals surface area contributed by atoms with E-state index in [9.17, 15) is 4.79 Å². The number of carbonyl (C=O) groups excluding carboxylic acids is 1.